The number of nitrogens with zero attached hydrogens (tertiary/aromatic N) is 1. The summed E-state index contributed by atoms with van der Waals surface area (Å²) in [4.78, 5) is 38.0. The van der Waals surface area contributed by atoms with Crippen molar-refractivity contribution in [2.24, 2.45) is 0 Å². The van der Waals surface area contributed by atoms with Gasteiger partial charge in [0.1, 0.15) is 11.8 Å². The summed E-state index contributed by atoms with van der Waals surface area (Å²) in [6, 6.07) is 10.2. The van der Waals surface area contributed by atoms with Crippen LogP contribution in [-0.2, 0) is 16.1 Å². The Morgan fingerprint density at radius 2 is 2.00 bits per heavy atom. The number of aromatic hydroxyl groups is 1. The number of phenols is 1. The summed E-state index contributed by atoms with van der Waals surface area (Å²) in [7, 11) is 0. The quantitative estimate of drug-likeness (QED) is 0.642. The number of anilines is 1. The molecule has 0 saturated carbocycles. The summed E-state index contributed by atoms with van der Waals surface area (Å²) >= 11 is 0. The molecule has 4 amide bonds. The standard InChI is InChI=1S/C20H19N3O6/c24-14-3-1-2-13(9-14)21-18(25)7-5-15-19(26)23(20(27)22-15)10-12-4-6-16-17(8-12)29-11-28-16/h1-4,6,8-9,15,24H,5,7,10-11H2,(H,21,25)(H,22,27). The number of benzene rings is 2. The molecule has 0 bridgehead atoms. The minimum atomic E-state index is -0.758. The Morgan fingerprint density at radius 1 is 1.17 bits per heavy atom. The smallest absolute Gasteiger partial charge is 0.325 e. The Morgan fingerprint density at radius 3 is 2.83 bits per heavy atom. The zero-order valence-corrected chi connectivity index (χ0v) is 15.4. The maximum atomic E-state index is 12.6. The van der Waals surface area contributed by atoms with E-state index in [2.05, 4.69) is 10.6 Å². The van der Waals surface area contributed by atoms with Crippen molar-refractivity contribution < 1.29 is 29.0 Å². The molecule has 2 aliphatic heterocycles. The number of imide groups is 1. The minimum absolute atomic E-state index is 0.0418. The Balaban J connectivity index is 1.32. The number of phenolic OH excluding ortho intramolecular Hbond substituents is 1. The molecule has 2 aromatic rings. The number of nitrogens with one attached hydrogen (secondary N) is 2. The second kappa shape index (κ2) is 7.70. The highest BCUT2D eigenvalue weighted by Crippen LogP contribution is 2.33. The number of ether oxygens (including phenoxy) is 2. The van der Waals surface area contributed by atoms with Crippen LogP contribution in [0.3, 0.4) is 0 Å². The molecule has 1 saturated heterocycles. The van der Waals surface area contributed by atoms with Gasteiger partial charge in [0.2, 0.25) is 12.7 Å². The number of hydrogen-bond donors (Lipinski definition) is 3. The van der Waals surface area contributed by atoms with Crippen LogP contribution in [0.5, 0.6) is 17.2 Å². The largest absolute Gasteiger partial charge is 0.508 e. The van der Waals surface area contributed by atoms with Crippen LogP contribution in [0, 0.1) is 0 Å². The van der Waals surface area contributed by atoms with Gasteiger partial charge in [0, 0.05) is 18.2 Å². The molecule has 9 nitrogen and oxygen atoms in total. The highest BCUT2D eigenvalue weighted by molar-refractivity contribution is 6.04. The second-order valence-electron chi connectivity index (χ2n) is 6.75. The third-order valence-electron chi connectivity index (χ3n) is 4.67. The Bertz CT molecular complexity index is 976. The molecule has 2 aliphatic rings. The lowest BCUT2D eigenvalue weighted by Gasteiger charge is -2.13. The van der Waals surface area contributed by atoms with Gasteiger partial charge < -0.3 is 25.2 Å². The monoisotopic (exact) mass is 397 g/mol. The molecule has 1 unspecified atom stereocenters. The van der Waals surface area contributed by atoms with Gasteiger partial charge in [-0.25, -0.2) is 4.79 Å². The van der Waals surface area contributed by atoms with E-state index in [-0.39, 0.29) is 43.7 Å². The van der Waals surface area contributed by atoms with E-state index in [1.54, 1.807) is 30.3 Å². The maximum absolute atomic E-state index is 12.6. The molecule has 2 aromatic carbocycles. The molecule has 0 aliphatic carbocycles. The zero-order valence-electron chi connectivity index (χ0n) is 15.4. The number of amides is 4. The lowest BCUT2D eigenvalue weighted by atomic mass is 10.1. The van der Waals surface area contributed by atoms with Crippen molar-refractivity contribution in [3.8, 4) is 17.2 Å². The summed E-state index contributed by atoms with van der Waals surface area (Å²) in [6.45, 7) is 0.252. The van der Waals surface area contributed by atoms with Crippen LogP contribution in [0.4, 0.5) is 10.5 Å². The maximum Gasteiger partial charge on any atom is 0.325 e. The summed E-state index contributed by atoms with van der Waals surface area (Å²) in [5.74, 6) is 0.557. The molecule has 1 atom stereocenters. The van der Waals surface area contributed by atoms with Gasteiger partial charge in [0.15, 0.2) is 11.5 Å². The normalized spacial score (nSPS) is 17.4. The summed E-state index contributed by atoms with van der Waals surface area (Å²) in [6.07, 6.45) is 0.219. The Kier molecular flexibility index (Phi) is 4.94. The van der Waals surface area contributed by atoms with E-state index in [0.29, 0.717) is 17.2 Å². The van der Waals surface area contributed by atoms with E-state index in [1.807, 2.05) is 0 Å². The first-order valence-electron chi connectivity index (χ1n) is 9.09. The van der Waals surface area contributed by atoms with Crippen molar-refractivity contribution in [2.75, 3.05) is 12.1 Å². The van der Waals surface area contributed by atoms with E-state index in [4.69, 9.17) is 9.47 Å². The SMILES string of the molecule is O=C(CCC1NC(=O)N(Cc2ccc3c(c2)OCO3)C1=O)Nc1cccc(O)c1. The van der Waals surface area contributed by atoms with Crippen LogP contribution in [0.15, 0.2) is 42.5 Å². The number of fused-ring (bicyclic) bond motifs is 1. The average molecular weight is 397 g/mol. The van der Waals surface area contributed by atoms with Gasteiger partial charge in [-0.15, -0.1) is 0 Å². The summed E-state index contributed by atoms with van der Waals surface area (Å²) in [5.41, 5.74) is 1.20. The lowest BCUT2D eigenvalue weighted by Crippen LogP contribution is -2.31. The van der Waals surface area contributed by atoms with E-state index in [1.165, 1.54) is 12.1 Å². The first-order chi connectivity index (χ1) is 14.0. The molecule has 0 aromatic heterocycles. The van der Waals surface area contributed by atoms with Crippen molar-refractivity contribution in [2.45, 2.75) is 25.4 Å². The predicted molar refractivity (Wildman–Crippen MR) is 101 cm³/mol. The third-order valence-corrected chi connectivity index (χ3v) is 4.67. The van der Waals surface area contributed by atoms with Gasteiger partial charge in [0.05, 0.1) is 6.54 Å². The number of carbonyl (C=O) groups is 3. The summed E-state index contributed by atoms with van der Waals surface area (Å²) < 4.78 is 10.6. The molecule has 4 rings (SSSR count). The predicted octanol–water partition coefficient (Wildman–Crippen LogP) is 1.96. The fourth-order valence-electron chi connectivity index (χ4n) is 3.23. The highest BCUT2D eigenvalue weighted by atomic mass is 16.7. The molecule has 3 N–H and O–H groups in total. The van der Waals surface area contributed by atoms with Crippen LogP contribution < -0.4 is 20.1 Å². The van der Waals surface area contributed by atoms with Crippen molar-refractivity contribution in [3.05, 3.63) is 48.0 Å². The van der Waals surface area contributed by atoms with Crippen molar-refractivity contribution in [1.29, 1.82) is 0 Å². The average Bonchev–Trinajstić information content (AvgIpc) is 3.26. The van der Waals surface area contributed by atoms with Crippen LogP contribution in [0.2, 0.25) is 0 Å². The van der Waals surface area contributed by atoms with Gasteiger partial charge in [-0.05, 0) is 36.2 Å². The summed E-state index contributed by atoms with van der Waals surface area (Å²) in [5, 5.41) is 14.7. The molecular formula is C20H19N3O6. The minimum Gasteiger partial charge on any atom is -0.508 e. The fraction of sp³-hybridized carbons (Fsp3) is 0.250. The van der Waals surface area contributed by atoms with E-state index in [9.17, 15) is 19.5 Å². The number of carbonyl (C=O) groups excluding carboxylic acids is 3. The topological polar surface area (TPSA) is 117 Å². The first-order valence-corrected chi connectivity index (χ1v) is 9.09. The fourth-order valence-corrected chi connectivity index (χ4v) is 3.23. The van der Waals surface area contributed by atoms with Gasteiger partial charge in [-0.1, -0.05) is 12.1 Å². The van der Waals surface area contributed by atoms with Gasteiger partial charge in [-0.2, -0.15) is 0 Å². The van der Waals surface area contributed by atoms with E-state index < -0.39 is 12.1 Å². The van der Waals surface area contributed by atoms with Crippen molar-refractivity contribution in [3.63, 3.8) is 0 Å². The van der Waals surface area contributed by atoms with Gasteiger partial charge >= 0.3 is 6.03 Å². The first kappa shape index (κ1) is 18.6. The third kappa shape index (κ3) is 4.08. The van der Waals surface area contributed by atoms with E-state index >= 15 is 0 Å². The van der Waals surface area contributed by atoms with Crippen LogP contribution >= 0.6 is 0 Å². The zero-order chi connectivity index (χ0) is 20.4. The number of hydrogen-bond acceptors (Lipinski definition) is 6. The van der Waals surface area contributed by atoms with E-state index in [0.717, 1.165) is 10.5 Å². The van der Waals surface area contributed by atoms with Gasteiger partial charge in [0.25, 0.3) is 5.91 Å². The molecule has 1 fully saturated rings. The second-order valence-corrected chi connectivity index (χ2v) is 6.75. The molecule has 29 heavy (non-hydrogen) atoms. The Hall–Kier alpha value is -3.75. The Labute approximate surface area is 166 Å². The molecule has 2 heterocycles. The molecular weight excluding hydrogens is 378 g/mol. The van der Waals surface area contributed by atoms with Gasteiger partial charge in [-0.3, -0.25) is 14.5 Å². The highest BCUT2D eigenvalue weighted by Gasteiger charge is 2.38. The number of rotatable bonds is 6. The molecule has 9 heteroatoms. The van der Waals surface area contributed by atoms with Crippen molar-refractivity contribution in [1.82, 2.24) is 10.2 Å². The molecule has 0 radical (unpaired) electrons. The lowest BCUT2D eigenvalue weighted by molar-refractivity contribution is -0.128. The molecule has 150 valence electrons. The molecule has 0 spiro atoms. The van der Waals surface area contributed by atoms with Crippen LogP contribution in [0.25, 0.3) is 0 Å². The van der Waals surface area contributed by atoms with Crippen molar-refractivity contribution >= 4 is 23.5 Å². The van der Waals surface area contributed by atoms with Crippen LogP contribution in [-0.4, -0.2) is 40.7 Å². The van der Waals surface area contributed by atoms with Crippen LogP contribution in [0.1, 0.15) is 18.4 Å². The number of urea groups is 1.